The Hall–Kier alpha value is -2.29. The molecule has 122 valence electrons. The molecule has 1 saturated heterocycles. The number of hydrogen-bond acceptors (Lipinski definition) is 6. The summed E-state index contributed by atoms with van der Waals surface area (Å²) in [5.74, 6) is -0.599. The molecule has 1 amide bonds. The number of aliphatic carboxylic acids is 1. The first-order valence-electron chi connectivity index (χ1n) is 7.39. The SMILES string of the molecule is O=C(O)/C=C/c1cnc2c(c1)CN(N1CCOCC1)CC(=O)N2. The van der Waals surface area contributed by atoms with Crippen molar-refractivity contribution in [2.45, 2.75) is 6.54 Å². The summed E-state index contributed by atoms with van der Waals surface area (Å²) in [7, 11) is 0. The van der Waals surface area contributed by atoms with Gasteiger partial charge in [-0.15, -0.1) is 0 Å². The number of hydrazine groups is 1. The molecule has 0 aliphatic carbocycles. The number of carbonyl (C=O) groups is 2. The molecule has 0 radical (unpaired) electrons. The van der Waals surface area contributed by atoms with E-state index < -0.39 is 5.97 Å². The Kier molecular flexibility index (Phi) is 4.65. The van der Waals surface area contributed by atoms with Crippen molar-refractivity contribution in [1.29, 1.82) is 0 Å². The van der Waals surface area contributed by atoms with Gasteiger partial charge in [0, 0.05) is 37.5 Å². The number of carboxylic acids is 1. The first-order chi connectivity index (χ1) is 11.1. The van der Waals surface area contributed by atoms with Crippen molar-refractivity contribution >= 4 is 23.8 Å². The predicted molar refractivity (Wildman–Crippen MR) is 82.3 cm³/mol. The molecule has 1 aromatic rings. The highest BCUT2D eigenvalue weighted by Crippen LogP contribution is 2.21. The Morgan fingerprint density at radius 3 is 2.83 bits per heavy atom. The molecule has 8 heteroatoms. The van der Waals surface area contributed by atoms with E-state index >= 15 is 0 Å². The van der Waals surface area contributed by atoms with E-state index in [-0.39, 0.29) is 12.5 Å². The lowest BCUT2D eigenvalue weighted by atomic mass is 10.1. The molecule has 8 nitrogen and oxygen atoms in total. The average Bonchev–Trinajstić information content (AvgIpc) is 2.71. The fraction of sp³-hybridized carbons (Fsp3) is 0.400. The highest BCUT2D eigenvalue weighted by atomic mass is 16.5. The predicted octanol–water partition coefficient (Wildman–Crippen LogP) is 0.181. The van der Waals surface area contributed by atoms with Crippen LogP contribution in [-0.4, -0.2) is 64.8 Å². The van der Waals surface area contributed by atoms with Crippen molar-refractivity contribution in [3.05, 3.63) is 29.5 Å². The Labute approximate surface area is 133 Å². The number of aromatic nitrogens is 1. The van der Waals surface area contributed by atoms with E-state index in [1.54, 1.807) is 6.20 Å². The van der Waals surface area contributed by atoms with E-state index in [0.717, 1.165) is 24.7 Å². The van der Waals surface area contributed by atoms with Crippen LogP contribution in [-0.2, 0) is 20.9 Å². The number of hydrogen-bond donors (Lipinski definition) is 2. The number of morpholine rings is 1. The summed E-state index contributed by atoms with van der Waals surface area (Å²) in [6.45, 7) is 3.57. The highest BCUT2D eigenvalue weighted by Gasteiger charge is 2.25. The van der Waals surface area contributed by atoms with Crippen LogP contribution in [0.25, 0.3) is 6.08 Å². The molecule has 0 spiro atoms. The monoisotopic (exact) mass is 318 g/mol. The fourth-order valence-electron chi connectivity index (χ4n) is 2.65. The number of carboxylic acid groups (broad SMARTS) is 1. The first-order valence-corrected chi connectivity index (χ1v) is 7.39. The standard InChI is InChI=1S/C15H18N4O4/c20-13-10-19(18-3-5-23-6-4-18)9-12-7-11(1-2-14(21)22)8-16-15(12)17-13/h1-2,7-8H,3-6,9-10H2,(H,21,22)(H,16,17,20)/b2-1+. The molecule has 0 saturated carbocycles. The normalized spacial score (nSPS) is 20.1. The Morgan fingerprint density at radius 1 is 1.30 bits per heavy atom. The smallest absolute Gasteiger partial charge is 0.328 e. The lowest BCUT2D eigenvalue weighted by molar-refractivity contribution is -0.131. The molecule has 2 aliphatic heterocycles. The maximum absolute atomic E-state index is 12.1. The number of fused-ring (bicyclic) bond motifs is 1. The topological polar surface area (TPSA) is 95.0 Å². The molecule has 1 aromatic heterocycles. The van der Waals surface area contributed by atoms with Crippen molar-refractivity contribution in [3.63, 3.8) is 0 Å². The van der Waals surface area contributed by atoms with Gasteiger partial charge in [0.15, 0.2) is 0 Å². The second-order valence-electron chi connectivity index (χ2n) is 5.38. The van der Waals surface area contributed by atoms with Crippen LogP contribution in [0.2, 0.25) is 0 Å². The van der Waals surface area contributed by atoms with Gasteiger partial charge in [-0.25, -0.2) is 19.8 Å². The average molecular weight is 318 g/mol. The third kappa shape index (κ3) is 3.92. The van der Waals surface area contributed by atoms with Gasteiger partial charge in [-0.1, -0.05) is 0 Å². The van der Waals surface area contributed by atoms with Crippen LogP contribution in [0.3, 0.4) is 0 Å². The summed E-state index contributed by atoms with van der Waals surface area (Å²) in [4.78, 5) is 26.9. The molecule has 2 N–H and O–H groups in total. The van der Waals surface area contributed by atoms with Crippen LogP contribution >= 0.6 is 0 Å². The summed E-state index contributed by atoms with van der Waals surface area (Å²) < 4.78 is 5.35. The number of anilines is 1. The number of nitrogens with zero attached hydrogens (tertiary/aromatic N) is 3. The third-order valence-corrected chi connectivity index (χ3v) is 3.73. The summed E-state index contributed by atoms with van der Waals surface area (Å²) >= 11 is 0. The molecular formula is C15H18N4O4. The van der Waals surface area contributed by atoms with Gasteiger partial charge in [-0.2, -0.15) is 0 Å². The van der Waals surface area contributed by atoms with Crippen LogP contribution < -0.4 is 5.32 Å². The largest absolute Gasteiger partial charge is 0.478 e. The number of carbonyl (C=O) groups excluding carboxylic acids is 1. The number of pyridine rings is 1. The van der Waals surface area contributed by atoms with Crippen LogP contribution in [0.4, 0.5) is 5.82 Å². The minimum absolute atomic E-state index is 0.114. The van der Waals surface area contributed by atoms with E-state index in [1.165, 1.54) is 6.08 Å². The van der Waals surface area contributed by atoms with E-state index in [9.17, 15) is 9.59 Å². The quantitative estimate of drug-likeness (QED) is 0.768. The molecule has 0 aromatic carbocycles. The third-order valence-electron chi connectivity index (χ3n) is 3.73. The summed E-state index contributed by atoms with van der Waals surface area (Å²) in [5.41, 5.74) is 1.54. The minimum Gasteiger partial charge on any atom is -0.478 e. The molecule has 0 unspecified atom stereocenters. The Morgan fingerprint density at radius 2 is 2.09 bits per heavy atom. The number of ether oxygens (including phenoxy) is 1. The summed E-state index contributed by atoms with van der Waals surface area (Å²) in [5, 5.41) is 15.6. The fourth-order valence-corrected chi connectivity index (χ4v) is 2.65. The van der Waals surface area contributed by atoms with Gasteiger partial charge in [0.25, 0.3) is 0 Å². The minimum atomic E-state index is -1.01. The maximum Gasteiger partial charge on any atom is 0.328 e. The molecule has 1 fully saturated rings. The van der Waals surface area contributed by atoms with Gasteiger partial charge in [-0.3, -0.25) is 4.79 Å². The Bertz CT molecular complexity index is 640. The second kappa shape index (κ2) is 6.86. The Balaban J connectivity index is 1.84. The maximum atomic E-state index is 12.1. The molecule has 0 atom stereocenters. The molecule has 23 heavy (non-hydrogen) atoms. The van der Waals surface area contributed by atoms with E-state index in [2.05, 4.69) is 15.3 Å². The van der Waals surface area contributed by atoms with Crippen LogP contribution in [0.5, 0.6) is 0 Å². The van der Waals surface area contributed by atoms with Gasteiger partial charge >= 0.3 is 5.97 Å². The molecular weight excluding hydrogens is 300 g/mol. The highest BCUT2D eigenvalue weighted by molar-refractivity contribution is 5.92. The molecule has 3 heterocycles. The number of nitrogens with one attached hydrogen (secondary N) is 1. The van der Waals surface area contributed by atoms with Crippen LogP contribution in [0, 0.1) is 0 Å². The van der Waals surface area contributed by atoms with E-state index in [1.807, 2.05) is 11.1 Å². The number of rotatable bonds is 3. The van der Waals surface area contributed by atoms with Gasteiger partial charge in [0.2, 0.25) is 5.91 Å². The van der Waals surface area contributed by atoms with Gasteiger partial charge in [0.05, 0.1) is 19.8 Å². The zero-order chi connectivity index (χ0) is 16.2. The van der Waals surface area contributed by atoms with Crippen LogP contribution in [0.1, 0.15) is 11.1 Å². The van der Waals surface area contributed by atoms with Gasteiger partial charge in [-0.05, 0) is 17.7 Å². The number of amides is 1. The molecule has 3 rings (SSSR count). The van der Waals surface area contributed by atoms with Crippen molar-refractivity contribution in [1.82, 2.24) is 15.0 Å². The van der Waals surface area contributed by atoms with E-state index in [4.69, 9.17) is 9.84 Å². The van der Waals surface area contributed by atoms with Crippen molar-refractivity contribution < 1.29 is 19.4 Å². The van der Waals surface area contributed by atoms with Crippen molar-refractivity contribution in [2.75, 3.05) is 38.2 Å². The van der Waals surface area contributed by atoms with Crippen molar-refractivity contribution in [2.24, 2.45) is 0 Å². The second-order valence-corrected chi connectivity index (χ2v) is 5.38. The lowest BCUT2D eigenvalue weighted by Crippen LogP contribution is -2.50. The summed E-state index contributed by atoms with van der Waals surface area (Å²) in [6.07, 6.45) is 4.10. The van der Waals surface area contributed by atoms with Gasteiger partial charge in [0.1, 0.15) is 5.82 Å². The van der Waals surface area contributed by atoms with Gasteiger partial charge < -0.3 is 15.2 Å². The zero-order valence-corrected chi connectivity index (χ0v) is 12.6. The first kappa shape index (κ1) is 15.6. The zero-order valence-electron chi connectivity index (χ0n) is 12.6. The van der Waals surface area contributed by atoms with E-state index in [0.29, 0.717) is 31.1 Å². The molecule has 0 bridgehead atoms. The lowest BCUT2D eigenvalue weighted by Gasteiger charge is -2.36. The van der Waals surface area contributed by atoms with Crippen LogP contribution in [0.15, 0.2) is 18.3 Å². The van der Waals surface area contributed by atoms with Crippen molar-refractivity contribution in [3.8, 4) is 0 Å². The molecule has 2 aliphatic rings. The summed E-state index contributed by atoms with van der Waals surface area (Å²) in [6, 6.07) is 1.85.